The summed E-state index contributed by atoms with van der Waals surface area (Å²) in [6, 6.07) is 11.8. The lowest BCUT2D eigenvalue weighted by Gasteiger charge is -2.15. The van der Waals surface area contributed by atoms with Crippen LogP contribution in [-0.4, -0.2) is 0 Å². The van der Waals surface area contributed by atoms with Gasteiger partial charge in [0.25, 0.3) is 0 Å². The van der Waals surface area contributed by atoms with Gasteiger partial charge in [-0.15, -0.1) is 0 Å². The molecule has 4 heteroatoms. The molecule has 0 aliphatic heterocycles. The van der Waals surface area contributed by atoms with E-state index >= 15 is 0 Å². The van der Waals surface area contributed by atoms with Crippen LogP contribution in [0.25, 0.3) is 0 Å². The summed E-state index contributed by atoms with van der Waals surface area (Å²) in [4.78, 5) is 0.0652. The van der Waals surface area contributed by atoms with Crippen molar-refractivity contribution < 1.29 is 0 Å². The first-order chi connectivity index (χ1) is 8.49. The zero-order valence-corrected chi connectivity index (χ0v) is 14.2. The summed E-state index contributed by atoms with van der Waals surface area (Å²) < 4.78 is 1.07. The molecule has 0 aliphatic rings. The number of alkyl halides is 1. The number of benzene rings is 2. The molecule has 0 heterocycles. The van der Waals surface area contributed by atoms with E-state index in [0.29, 0.717) is 10.0 Å². The number of aryl methyl sites for hydroxylation is 1. The van der Waals surface area contributed by atoms with Gasteiger partial charge in [-0.1, -0.05) is 67.2 Å². The molecule has 0 radical (unpaired) electrons. The van der Waals surface area contributed by atoms with Crippen LogP contribution in [-0.2, 0) is 0 Å². The molecule has 2 aromatic rings. The van der Waals surface area contributed by atoms with E-state index in [9.17, 15) is 0 Å². The highest BCUT2D eigenvalue weighted by Crippen LogP contribution is 2.38. The summed E-state index contributed by atoms with van der Waals surface area (Å²) in [5.74, 6) is 0. The molecule has 2 aromatic carbocycles. The maximum absolute atomic E-state index is 6.23. The highest BCUT2D eigenvalue weighted by atomic mass is 79.9. The van der Waals surface area contributed by atoms with Gasteiger partial charge in [0.1, 0.15) is 0 Å². The van der Waals surface area contributed by atoms with Gasteiger partial charge in [0.15, 0.2) is 0 Å². The summed E-state index contributed by atoms with van der Waals surface area (Å²) in [7, 11) is 0. The third-order valence-electron chi connectivity index (χ3n) is 2.74. The fourth-order valence-electron chi connectivity index (χ4n) is 1.80. The first kappa shape index (κ1) is 14.4. The molecular formula is C14H10Br2Cl2. The highest BCUT2D eigenvalue weighted by Gasteiger charge is 2.16. The van der Waals surface area contributed by atoms with Crippen LogP contribution >= 0.6 is 55.1 Å². The van der Waals surface area contributed by atoms with E-state index < -0.39 is 0 Å². The van der Waals surface area contributed by atoms with Crippen molar-refractivity contribution in [2.24, 2.45) is 0 Å². The lowest BCUT2D eigenvalue weighted by atomic mass is 10.0. The number of rotatable bonds is 2. The van der Waals surface area contributed by atoms with Crippen LogP contribution in [0.4, 0.5) is 0 Å². The number of halogens is 4. The van der Waals surface area contributed by atoms with Crippen molar-refractivity contribution in [3.8, 4) is 0 Å². The molecule has 0 saturated carbocycles. The second-order valence-corrected chi connectivity index (χ2v) is 6.70. The average molecular weight is 409 g/mol. The summed E-state index contributed by atoms with van der Waals surface area (Å²) in [5, 5.41) is 1.32. The molecular weight excluding hydrogens is 399 g/mol. The van der Waals surface area contributed by atoms with E-state index in [0.717, 1.165) is 10.0 Å². The largest absolute Gasteiger partial charge is 0.0843 e. The topological polar surface area (TPSA) is 0 Å². The zero-order chi connectivity index (χ0) is 13.3. The van der Waals surface area contributed by atoms with Gasteiger partial charge in [-0.25, -0.2) is 0 Å². The molecule has 0 aliphatic carbocycles. The average Bonchev–Trinajstić information content (AvgIpc) is 2.28. The predicted octanol–water partition coefficient (Wildman–Crippen LogP) is 6.55. The van der Waals surface area contributed by atoms with E-state index in [1.54, 1.807) is 6.07 Å². The molecule has 18 heavy (non-hydrogen) atoms. The molecule has 0 amide bonds. The van der Waals surface area contributed by atoms with E-state index in [1.165, 1.54) is 11.1 Å². The van der Waals surface area contributed by atoms with Crippen LogP contribution in [0.2, 0.25) is 10.0 Å². The minimum Gasteiger partial charge on any atom is -0.0843 e. The minimum atomic E-state index is 0.0652. The van der Waals surface area contributed by atoms with Gasteiger partial charge < -0.3 is 0 Å². The van der Waals surface area contributed by atoms with Crippen LogP contribution in [0.15, 0.2) is 40.9 Å². The number of hydrogen-bond acceptors (Lipinski definition) is 0. The van der Waals surface area contributed by atoms with E-state index in [1.807, 2.05) is 18.2 Å². The Kier molecular flexibility index (Phi) is 4.76. The summed E-state index contributed by atoms with van der Waals surface area (Å²) >= 11 is 19.3. The Morgan fingerprint density at radius 1 is 1.00 bits per heavy atom. The van der Waals surface area contributed by atoms with Crippen molar-refractivity contribution in [3.63, 3.8) is 0 Å². The number of hydrogen-bond donors (Lipinski definition) is 0. The van der Waals surface area contributed by atoms with Crippen LogP contribution in [0.5, 0.6) is 0 Å². The van der Waals surface area contributed by atoms with E-state index in [-0.39, 0.29) is 4.83 Å². The van der Waals surface area contributed by atoms with Gasteiger partial charge in [-0.05, 0) is 47.9 Å². The van der Waals surface area contributed by atoms with E-state index in [4.69, 9.17) is 23.2 Å². The maximum Gasteiger partial charge on any atom is 0.0661 e. The van der Waals surface area contributed by atoms with E-state index in [2.05, 4.69) is 50.9 Å². The summed E-state index contributed by atoms with van der Waals surface area (Å²) in [5.41, 5.74) is 3.42. The molecule has 2 rings (SSSR count). The Morgan fingerprint density at radius 3 is 2.28 bits per heavy atom. The monoisotopic (exact) mass is 406 g/mol. The van der Waals surface area contributed by atoms with Gasteiger partial charge in [-0.3, -0.25) is 0 Å². The van der Waals surface area contributed by atoms with Crippen molar-refractivity contribution >= 4 is 55.1 Å². The highest BCUT2D eigenvalue weighted by molar-refractivity contribution is 9.10. The van der Waals surface area contributed by atoms with Crippen LogP contribution in [0.1, 0.15) is 21.5 Å². The minimum absolute atomic E-state index is 0.0652. The van der Waals surface area contributed by atoms with Crippen molar-refractivity contribution in [2.75, 3.05) is 0 Å². The van der Waals surface area contributed by atoms with Gasteiger partial charge in [-0.2, -0.15) is 0 Å². The molecule has 0 bridgehead atoms. The Balaban J connectivity index is 2.44. The Hall–Kier alpha value is -0.0200. The lowest BCUT2D eigenvalue weighted by molar-refractivity contribution is 1.14. The third kappa shape index (κ3) is 3.11. The molecule has 1 atom stereocenters. The van der Waals surface area contributed by atoms with Crippen molar-refractivity contribution in [1.82, 2.24) is 0 Å². The fourth-order valence-corrected chi connectivity index (χ4v) is 3.84. The standard InChI is InChI=1S/C14H10Br2Cl2/c1-8-6-9(15)2-4-11(8)14(16)12-5-3-10(17)7-13(12)18/h2-7,14H,1H3. The van der Waals surface area contributed by atoms with Crippen molar-refractivity contribution in [2.45, 2.75) is 11.8 Å². The SMILES string of the molecule is Cc1cc(Br)ccc1C(Br)c1ccc(Cl)cc1Cl. The molecule has 1 unspecified atom stereocenters. The fraction of sp³-hybridized carbons (Fsp3) is 0.143. The Labute approximate surface area is 134 Å². The molecule has 0 spiro atoms. The maximum atomic E-state index is 6.23. The molecule has 0 aromatic heterocycles. The first-order valence-corrected chi connectivity index (χ1v) is 7.80. The third-order valence-corrected chi connectivity index (χ3v) is 4.78. The van der Waals surface area contributed by atoms with Crippen LogP contribution < -0.4 is 0 Å². The second kappa shape index (κ2) is 5.96. The Bertz CT molecular complexity index is 531. The first-order valence-electron chi connectivity index (χ1n) is 5.34. The smallest absolute Gasteiger partial charge is 0.0661 e. The van der Waals surface area contributed by atoms with Crippen molar-refractivity contribution in [1.29, 1.82) is 0 Å². The lowest BCUT2D eigenvalue weighted by Crippen LogP contribution is -1.96. The molecule has 0 fully saturated rings. The molecule has 94 valence electrons. The molecule has 0 nitrogen and oxygen atoms in total. The predicted molar refractivity (Wildman–Crippen MR) is 86.1 cm³/mol. The Morgan fingerprint density at radius 2 is 1.67 bits per heavy atom. The van der Waals surface area contributed by atoms with Crippen LogP contribution in [0.3, 0.4) is 0 Å². The van der Waals surface area contributed by atoms with Gasteiger partial charge in [0.05, 0.1) is 4.83 Å². The summed E-state index contributed by atoms with van der Waals surface area (Å²) in [6.07, 6.45) is 0. The normalized spacial score (nSPS) is 12.5. The quantitative estimate of drug-likeness (QED) is 0.494. The zero-order valence-electron chi connectivity index (χ0n) is 9.55. The van der Waals surface area contributed by atoms with Crippen molar-refractivity contribution in [3.05, 3.63) is 67.6 Å². The summed E-state index contributed by atoms with van der Waals surface area (Å²) in [6.45, 7) is 2.08. The second-order valence-electron chi connectivity index (χ2n) is 4.03. The molecule has 0 saturated heterocycles. The van der Waals surface area contributed by atoms with Gasteiger partial charge >= 0.3 is 0 Å². The van der Waals surface area contributed by atoms with Gasteiger partial charge in [0.2, 0.25) is 0 Å². The van der Waals surface area contributed by atoms with Crippen LogP contribution in [0, 0.1) is 6.92 Å². The molecule has 0 N–H and O–H groups in total. The van der Waals surface area contributed by atoms with Gasteiger partial charge in [0, 0.05) is 14.5 Å².